The molecule has 0 saturated carbocycles. The summed E-state index contributed by atoms with van der Waals surface area (Å²) in [7, 11) is 1.63. The number of anilines is 1. The Bertz CT molecular complexity index is 764. The molecule has 1 fully saturated rings. The number of aliphatic imine (C=N–C) groups is 1. The van der Waals surface area contributed by atoms with Crippen LogP contribution in [-0.4, -0.2) is 32.4 Å². The number of nitrogens with one attached hydrogen (secondary N) is 1. The van der Waals surface area contributed by atoms with Gasteiger partial charge in [0.1, 0.15) is 5.75 Å². The third-order valence-electron chi connectivity index (χ3n) is 4.45. The summed E-state index contributed by atoms with van der Waals surface area (Å²) in [5.41, 5.74) is 9.04. The number of hydrogen-bond donors (Lipinski definition) is 2. The maximum atomic E-state index is 6.02. The lowest BCUT2D eigenvalue weighted by molar-refractivity contribution is -0.0390. The minimum Gasteiger partial charge on any atom is -0.495 e. The van der Waals surface area contributed by atoms with Crippen LogP contribution in [0.3, 0.4) is 0 Å². The van der Waals surface area contributed by atoms with Crippen LogP contribution in [-0.2, 0) is 22.6 Å². The molecular weight excluding hydrogens is 469 g/mol. The van der Waals surface area contributed by atoms with Crippen molar-refractivity contribution in [2.24, 2.45) is 10.7 Å². The highest BCUT2D eigenvalue weighted by molar-refractivity contribution is 14.0. The topological polar surface area (TPSA) is 78.1 Å². The first kappa shape index (κ1) is 22.4. The van der Waals surface area contributed by atoms with Gasteiger partial charge in [-0.05, 0) is 36.1 Å². The van der Waals surface area contributed by atoms with Crippen molar-refractivity contribution in [1.82, 2.24) is 0 Å². The van der Waals surface area contributed by atoms with Crippen LogP contribution in [0.15, 0.2) is 53.5 Å². The molecule has 0 bridgehead atoms. The maximum absolute atomic E-state index is 6.02. The molecule has 2 aromatic rings. The number of hydrogen-bond acceptors (Lipinski definition) is 4. The number of halogens is 1. The average Bonchev–Trinajstić information content (AvgIpc) is 2.72. The van der Waals surface area contributed by atoms with Crippen LogP contribution in [0.2, 0.25) is 0 Å². The monoisotopic (exact) mass is 497 g/mol. The van der Waals surface area contributed by atoms with E-state index in [0.29, 0.717) is 25.2 Å². The van der Waals surface area contributed by atoms with Crippen molar-refractivity contribution in [1.29, 1.82) is 0 Å². The number of benzene rings is 2. The molecule has 1 saturated heterocycles. The first-order chi connectivity index (χ1) is 13.2. The Labute approximate surface area is 183 Å². The maximum Gasteiger partial charge on any atom is 0.193 e. The third kappa shape index (κ3) is 6.96. The van der Waals surface area contributed by atoms with Crippen LogP contribution in [0, 0.1) is 0 Å². The fraction of sp³-hybridized carbons (Fsp3) is 0.381. The summed E-state index contributed by atoms with van der Waals surface area (Å²) >= 11 is 0. The predicted molar refractivity (Wildman–Crippen MR) is 122 cm³/mol. The normalized spacial score (nSPS) is 15.0. The van der Waals surface area contributed by atoms with E-state index in [1.54, 1.807) is 7.11 Å². The second kappa shape index (κ2) is 11.9. The Hall–Kier alpha value is -1.84. The van der Waals surface area contributed by atoms with Crippen molar-refractivity contribution in [3.63, 3.8) is 0 Å². The summed E-state index contributed by atoms with van der Waals surface area (Å²) in [6.07, 6.45) is 2.23. The molecule has 0 aliphatic carbocycles. The summed E-state index contributed by atoms with van der Waals surface area (Å²) in [6, 6.07) is 15.8. The van der Waals surface area contributed by atoms with E-state index in [1.807, 2.05) is 36.4 Å². The molecular formula is C21H28IN3O3. The Morgan fingerprint density at radius 1 is 1.14 bits per heavy atom. The Kier molecular flexibility index (Phi) is 9.52. The van der Waals surface area contributed by atoms with Gasteiger partial charge in [-0.2, -0.15) is 0 Å². The highest BCUT2D eigenvalue weighted by Gasteiger charge is 2.14. The molecule has 3 N–H and O–H groups in total. The van der Waals surface area contributed by atoms with Crippen molar-refractivity contribution < 1.29 is 14.2 Å². The molecule has 0 spiro atoms. The van der Waals surface area contributed by atoms with Crippen LogP contribution in [0.25, 0.3) is 0 Å². The van der Waals surface area contributed by atoms with Gasteiger partial charge >= 0.3 is 0 Å². The van der Waals surface area contributed by atoms with Gasteiger partial charge in [-0.25, -0.2) is 4.99 Å². The first-order valence-corrected chi connectivity index (χ1v) is 9.21. The van der Waals surface area contributed by atoms with Crippen molar-refractivity contribution in [2.75, 3.05) is 25.6 Å². The molecule has 0 aromatic heterocycles. The minimum absolute atomic E-state index is 0. The minimum atomic E-state index is 0. The van der Waals surface area contributed by atoms with Gasteiger partial charge in [-0.15, -0.1) is 24.0 Å². The number of guanidine groups is 1. The molecule has 1 aliphatic rings. The van der Waals surface area contributed by atoms with Gasteiger partial charge in [0, 0.05) is 13.2 Å². The van der Waals surface area contributed by atoms with E-state index < -0.39 is 0 Å². The van der Waals surface area contributed by atoms with Crippen molar-refractivity contribution >= 4 is 35.6 Å². The SMILES string of the molecule is COc1ccccc1NC(N)=NCc1cccc(COC2CCOCC2)c1.I. The molecule has 28 heavy (non-hydrogen) atoms. The molecule has 0 atom stereocenters. The molecule has 3 rings (SSSR count). The van der Waals surface area contributed by atoms with E-state index in [0.717, 1.165) is 48.6 Å². The highest BCUT2D eigenvalue weighted by Crippen LogP contribution is 2.22. The van der Waals surface area contributed by atoms with Gasteiger partial charge in [-0.1, -0.05) is 36.4 Å². The number of nitrogens with zero attached hydrogens (tertiary/aromatic N) is 1. The van der Waals surface area contributed by atoms with Gasteiger partial charge in [0.15, 0.2) is 5.96 Å². The fourth-order valence-electron chi connectivity index (χ4n) is 2.98. The van der Waals surface area contributed by atoms with Crippen molar-refractivity contribution in [3.05, 3.63) is 59.7 Å². The third-order valence-corrected chi connectivity index (χ3v) is 4.45. The second-order valence-electron chi connectivity index (χ2n) is 6.47. The molecule has 0 unspecified atom stereocenters. The largest absolute Gasteiger partial charge is 0.495 e. The molecule has 152 valence electrons. The Morgan fingerprint density at radius 2 is 1.89 bits per heavy atom. The predicted octanol–water partition coefficient (Wildman–Crippen LogP) is 3.94. The zero-order valence-electron chi connectivity index (χ0n) is 16.1. The van der Waals surface area contributed by atoms with Gasteiger partial charge in [0.2, 0.25) is 0 Å². The molecule has 1 heterocycles. The van der Waals surface area contributed by atoms with Crippen LogP contribution in [0.5, 0.6) is 5.75 Å². The summed E-state index contributed by atoms with van der Waals surface area (Å²) in [5.74, 6) is 1.08. The zero-order chi connectivity index (χ0) is 18.9. The number of ether oxygens (including phenoxy) is 3. The van der Waals surface area contributed by atoms with Crippen molar-refractivity contribution in [3.8, 4) is 5.75 Å². The van der Waals surface area contributed by atoms with Crippen LogP contribution < -0.4 is 15.8 Å². The number of para-hydroxylation sites is 2. The standard InChI is InChI=1S/C21H27N3O3.HI/c1-25-20-8-3-2-7-19(20)24-21(22)23-14-16-5-4-6-17(13-16)15-27-18-9-11-26-12-10-18;/h2-8,13,18H,9-12,14-15H2,1H3,(H3,22,23,24);1H. The molecule has 0 radical (unpaired) electrons. The van der Waals surface area contributed by atoms with Crippen LogP contribution >= 0.6 is 24.0 Å². The Balaban J connectivity index is 0.00000280. The first-order valence-electron chi connectivity index (χ1n) is 9.21. The van der Waals surface area contributed by atoms with E-state index in [-0.39, 0.29) is 24.0 Å². The quantitative estimate of drug-likeness (QED) is 0.345. The summed E-state index contributed by atoms with van der Waals surface area (Å²) < 4.78 is 16.7. The molecule has 6 nitrogen and oxygen atoms in total. The van der Waals surface area contributed by atoms with Gasteiger partial charge < -0.3 is 25.3 Å². The van der Waals surface area contributed by atoms with Crippen LogP contribution in [0.1, 0.15) is 24.0 Å². The molecule has 2 aromatic carbocycles. The lowest BCUT2D eigenvalue weighted by Crippen LogP contribution is -2.23. The summed E-state index contributed by atoms with van der Waals surface area (Å²) in [6.45, 7) is 2.69. The van der Waals surface area contributed by atoms with E-state index in [9.17, 15) is 0 Å². The summed E-state index contributed by atoms with van der Waals surface area (Å²) in [5, 5.41) is 3.08. The second-order valence-corrected chi connectivity index (χ2v) is 6.47. The fourth-order valence-corrected chi connectivity index (χ4v) is 2.98. The average molecular weight is 497 g/mol. The van der Waals surface area contributed by atoms with Crippen LogP contribution in [0.4, 0.5) is 5.69 Å². The van der Waals surface area contributed by atoms with Gasteiger partial charge in [0.25, 0.3) is 0 Å². The van der Waals surface area contributed by atoms with E-state index in [4.69, 9.17) is 19.9 Å². The van der Waals surface area contributed by atoms with E-state index in [1.165, 1.54) is 0 Å². The highest BCUT2D eigenvalue weighted by atomic mass is 127. The zero-order valence-corrected chi connectivity index (χ0v) is 18.4. The van der Waals surface area contributed by atoms with E-state index >= 15 is 0 Å². The van der Waals surface area contributed by atoms with Gasteiger partial charge in [0.05, 0.1) is 32.1 Å². The smallest absolute Gasteiger partial charge is 0.193 e. The van der Waals surface area contributed by atoms with E-state index in [2.05, 4.69) is 22.4 Å². The van der Waals surface area contributed by atoms with Gasteiger partial charge in [-0.3, -0.25) is 0 Å². The number of nitrogens with two attached hydrogens (primary N) is 1. The molecule has 1 aliphatic heterocycles. The lowest BCUT2D eigenvalue weighted by Gasteiger charge is -2.22. The van der Waals surface area contributed by atoms with Crippen molar-refractivity contribution in [2.45, 2.75) is 32.1 Å². The molecule has 0 amide bonds. The number of methoxy groups -OCH3 is 1. The number of rotatable bonds is 7. The lowest BCUT2D eigenvalue weighted by atomic mass is 10.1. The Morgan fingerprint density at radius 3 is 2.68 bits per heavy atom. The molecule has 7 heteroatoms. The summed E-state index contributed by atoms with van der Waals surface area (Å²) in [4.78, 5) is 4.43.